The van der Waals surface area contributed by atoms with E-state index in [1.54, 1.807) is 12.1 Å². The molecule has 0 atom stereocenters. The summed E-state index contributed by atoms with van der Waals surface area (Å²) in [4.78, 5) is 0.164. The molecule has 14 heavy (non-hydrogen) atoms. The van der Waals surface area contributed by atoms with Gasteiger partial charge in [-0.2, -0.15) is 0 Å². The van der Waals surface area contributed by atoms with E-state index in [-0.39, 0.29) is 17.3 Å². The molecule has 0 saturated heterocycles. The number of hydrogen-bond donors (Lipinski definition) is 1. The lowest BCUT2D eigenvalue weighted by Crippen LogP contribution is -2.11. The molecule has 0 unspecified atom stereocenters. The maximum absolute atomic E-state index is 10.9. The van der Waals surface area contributed by atoms with Crippen molar-refractivity contribution >= 4 is 22.4 Å². The van der Waals surface area contributed by atoms with Gasteiger partial charge >= 0.3 is 0 Å². The van der Waals surface area contributed by atoms with Gasteiger partial charge in [0.05, 0.1) is 4.90 Å². The van der Waals surface area contributed by atoms with E-state index in [0.717, 1.165) is 5.56 Å². The second-order valence-electron chi connectivity index (χ2n) is 3.27. The van der Waals surface area contributed by atoms with Crippen molar-refractivity contribution in [3.8, 4) is 0 Å². The van der Waals surface area contributed by atoms with Gasteiger partial charge in [-0.1, -0.05) is 26.0 Å². The van der Waals surface area contributed by atoms with Crippen LogP contribution in [0.2, 0.25) is 0 Å². The normalized spacial score (nSPS) is 11.1. The highest BCUT2D eigenvalue weighted by atomic mass is 35.5. The van der Waals surface area contributed by atoms with E-state index < -0.39 is 10.0 Å². The lowest BCUT2D eigenvalue weighted by molar-refractivity contribution is 0.597. The summed E-state index contributed by atoms with van der Waals surface area (Å²) in [6.07, 6.45) is 0. The second kappa shape index (κ2) is 4.77. The van der Waals surface area contributed by atoms with Crippen molar-refractivity contribution in [2.75, 3.05) is 0 Å². The van der Waals surface area contributed by atoms with Crippen LogP contribution in [0.15, 0.2) is 29.2 Å². The molecule has 0 bridgehead atoms. The third-order valence-electron chi connectivity index (χ3n) is 1.88. The SMILES string of the molecule is CC(C)c1ccc(S(N)(=O)=O)cc1.Cl. The van der Waals surface area contributed by atoms with Gasteiger partial charge in [-0.25, -0.2) is 13.6 Å². The average molecular weight is 236 g/mol. The number of halogens is 1. The van der Waals surface area contributed by atoms with Gasteiger partial charge in [0.1, 0.15) is 0 Å². The highest BCUT2D eigenvalue weighted by molar-refractivity contribution is 7.89. The predicted octanol–water partition coefficient (Wildman–Crippen LogP) is 1.88. The second-order valence-corrected chi connectivity index (χ2v) is 4.83. The molecule has 0 aliphatic rings. The van der Waals surface area contributed by atoms with Gasteiger partial charge in [-0.05, 0) is 23.6 Å². The highest BCUT2D eigenvalue weighted by Gasteiger charge is 2.07. The summed E-state index contributed by atoms with van der Waals surface area (Å²) in [5, 5.41) is 4.96. The quantitative estimate of drug-likeness (QED) is 0.851. The molecule has 0 aliphatic heterocycles. The largest absolute Gasteiger partial charge is 0.238 e. The minimum atomic E-state index is -3.55. The van der Waals surface area contributed by atoms with Crippen LogP contribution in [0.3, 0.4) is 0 Å². The van der Waals surface area contributed by atoms with Crippen molar-refractivity contribution in [2.45, 2.75) is 24.7 Å². The minimum Gasteiger partial charge on any atom is -0.225 e. The van der Waals surface area contributed by atoms with Crippen molar-refractivity contribution in [2.24, 2.45) is 5.14 Å². The Bertz CT molecular complexity index is 384. The Kier molecular flexibility index (Phi) is 4.58. The Morgan fingerprint density at radius 1 is 1.14 bits per heavy atom. The molecule has 0 heterocycles. The molecule has 3 nitrogen and oxygen atoms in total. The molecule has 0 amide bonds. The molecule has 1 aromatic carbocycles. The third-order valence-corrected chi connectivity index (χ3v) is 2.80. The number of primary sulfonamides is 1. The van der Waals surface area contributed by atoms with Crippen molar-refractivity contribution in [3.63, 3.8) is 0 Å². The zero-order valence-corrected chi connectivity index (χ0v) is 9.73. The van der Waals surface area contributed by atoms with Gasteiger partial charge in [-0.3, -0.25) is 0 Å². The van der Waals surface area contributed by atoms with Crippen LogP contribution in [0.25, 0.3) is 0 Å². The number of rotatable bonds is 2. The van der Waals surface area contributed by atoms with E-state index in [2.05, 4.69) is 0 Å². The molecule has 0 aromatic heterocycles. The molecule has 0 fully saturated rings. The van der Waals surface area contributed by atoms with Gasteiger partial charge in [-0.15, -0.1) is 12.4 Å². The average Bonchev–Trinajstić information content (AvgIpc) is 2.03. The number of nitrogens with two attached hydrogens (primary N) is 1. The van der Waals surface area contributed by atoms with Crippen LogP contribution in [0.1, 0.15) is 25.3 Å². The van der Waals surface area contributed by atoms with Gasteiger partial charge < -0.3 is 0 Å². The monoisotopic (exact) mass is 235 g/mol. The van der Waals surface area contributed by atoms with Crippen LogP contribution in [0, 0.1) is 0 Å². The summed E-state index contributed by atoms with van der Waals surface area (Å²) < 4.78 is 21.8. The smallest absolute Gasteiger partial charge is 0.225 e. The fourth-order valence-electron chi connectivity index (χ4n) is 1.04. The molecular formula is C9H14ClNO2S. The maximum Gasteiger partial charge on any atom is 0.238 e. The first-order valence-corrected chi connectivity index (χ1v) is 5.58. The standard InChI is InChI=1S/C9H13NO2S.ClH/c1-7(2)8-3-5-9(6-4-8)13(10,11)12;/h3-7H,1-2H3,(H2,10,11,12);1H. The lowest BCUT2D eigenvalue weighted by atomic mass is 10.0. The molecule has 80 valence electrons. The van der Waals surface area contributed by atoms with E-state index in [0.29, 0.717) is 5.92 Å². The summed E-state index contributed by atoms with van der Waals surface area (Å²) >= 11 is 0. The van der Waals surface area contributed by atoms with Crippen LogP contribution >= 0.6 is 12.4 Å². The molecule has 1 rings (SSSR count). The molecule has 2 N–H and O–H groups in total. The van der Waals surface area contributed by atoms with E-state index in [9.17, 15) is 8.42 Å². The predicted molar refractivity (Wildman–Crippen MR) is 59.2 cm³/mol. The van der Waals surface area contributed by atoms with E-state index in [4.69, 9.17) is 5.14 Å². The zero-order valence-electron chi connectivity index (χ0n) is 8.10. The molecule has 0 radical (unpaired) electrons. The van der Waals surface area contributed by atoms with Crippen molar-refractivity contribution in [3.05, 3.63) is 29.8 Å². The summed E-state index contributed by atoms with van der Waals surface area (Å²) in [6.45, 7) is 4.10. The Morgan fingerprint density at radius 2 is 1.57 bits per heavy atom. The first-order chi connectivity index (χ1) is 5.91. The van der Waals surface area contributed by atoms with Gasteiger partial charge in [0.15, 0.2) is 0 Å². The number of benzene rings is 1. The molecule has 0 aliphatic carbocycles. The Morgan fingerprint density at radius 3 is 1.86 bits per heavy atom. The van der Waals surface area contributed by atoms with Gasteiger partial charge in [0, 0.05) is 0 Å². The summed E-state index contributed by atoms with van der Waals surface area (Å²) in [5.41, 5.74) is 1.10. The Balaban J connectivity index is 0.00000169. The molecular weight excluding hydrogens is 222 g/mol. The minimum absolute atomic E-state index is 0. The zero-order chi connectivity index (χ0) is 10.1. The number of sulfonamides is 1. The molecule has 0 saturated carbocycles. The van der Waals surface area contributed by atoms with Crippen LogP contribution in [0.5, 0.6) is 0 Å². The van der Waals surface area contributed by atoms with Crippen molar-refractivity contribution < 1.29 is 8.42 Å². The van der Waals surface area contributed by atoms with E-state index >= 15 is 0 Å². The van der Waals surface area contributed by atoms with Crippen LogP contribution in [0.4, 0.5) is 0 Å². The lowest BCUT2D eigenvalue weighted by Gasteiger charge is -2.05. The van der Waals surface area contributed by atoms with Gasteiger partial charge in [0.2, 0.25) is 10.0 Å². The molecule has 1 aromatic rings. The van der Waals surface area contributed by atoms with Crippen molar-refractivity contribution in [1.29, 1.82) is 0 Å². The fraction of sp³-hybridized carbons (Fsp3) is 0.333. The first kappa shape index (κ1) is 13.4. The Hall–Kier alpha value is -0.580. The summed E-state index contributed by atoms with van der Waals surface area (Å²) in [5.74, 6) is 0.398. The van der Waals surface area contributed by atoms with E-state index in [1.807, 2.05) is 13.8 Å². The first-order valence-electron chi connectivity index (χ1n) is 4.04. The van der Waals surface area contributed by atoms with Gasteiger partial charge in [0.25, 0.3) is 0 Å². The summed E-state index contributed by atoms with van der Waals surface area (Å²) in [6, 6.07) is 6.63. The van der Waals surface area contributed by atoms with E-state index in [1.165, 1.54) is 12.1 Å². The molecule has 5 heteroatoms. The topological polar surface area (TPSA) is 60.2 Å². The van der Waals surface area contributed by atoms with Crippen LogP contribution in [-0.2, 0) is 10.0 Å². The summed E-state index contributed by atoms with van der Waals surface area (Å²) in [7, 11) is -3.55. The highest BCUT2D eigenvalue weighted by Crippen LogP contribution is 2.16. The molecule has 0 spiro atoms. The number of hydrogen-bond acceptors (Lipinski definition) is 2. The Labute approximate surface area is 90.8 Å². The third kappa shape index (κ3) is 3.29. The maximum atomic E-state index is 10.9. The van der Waals surface area contributed by atoms with Crippen LogP contribution in [-0.4, -0.2) is 8.42 Å². The fourth-order valence-corrected chi connectivity index (χ4v) is 1.56. The van der Waals surface area contributed by atoms with Crippen LogP contribution < -0.4 is 5.14 Å². The van der Waals surface area contributed by atoms with Crippen molar-refractivity contribution in [1.82, 2.24) is 0 Å².